The van der Waals surface area contributed by atoms with E-state index < -0.39 is 0 Å². The second-order valence-electron chi connectivity index (χ2n) is 7.41. The number of hydrogen-bond donors (Lipinski definition) is 0. The SMILES string of the molecule is COc1cc(/C=C/C(=O)N(C2CCCC2)C2CCCC2)cc(OC)c1OC. The maximum atomic E-state index is 13.1. The molecule has 0 aliphatic heterocycles. The number of methoxy groups -OCH3 is 3. The number of carbonyl (C=O) groups excluding carboxylic acids is 1. The van der Waals surface area contributed by atoms with Crippen molar-refractivity contribution in [3.8, 4) is 17.2 Å². The van der Waals surface area contributed by atoms with E-state index in [-0.39, 0.29) is 5.91 Å². The van der Waals surface area contributed by atoms with Crippen molar-refractivity contribution in [3.63, 3.8) is 0 Å². The Labute approximate surface area is 162 Å². The quantitative estimate of drug-likeness (QED) is 0.663. The highest BCUT2D eigenvalue weighted by Gasteiger charge is 2.32. The van der Waals surface area contributed by atoms with Crippen molar-refractivity contribution in [1.82, 2.24) is 4.90 Å². The minimum absolute atomic E-state index is 0.127. The largest absolute Gasteiger partial charge is 0.493 e. The van der Waals surface area contributed by atoms with E-state index in [0.29, 0.717) is 29.3 Å². The predicted octanol–water partition coefficient (Wildman–Crippen LogP) is 4.44. The fourth-order valence-electron chi connectivity index (χ4n) is 4.47. The van der Waals surface area contributed by atoms with Crippen LogP contribution in [0, 0.1) is 0 Å². The normalized spacial score (nSPS) is 18.2. The first-order valence-electron chi connectivity index (χ1n) is 9.98. The maximum Gasteiger partial charge on any atom is 0.247 e. The third-order valence-electron chi connectivity index (χ3n) is 5.80. The summed E-state index contributed by atoms with van der Waals surface area (Å²) in [6, 6.07) is 4.54. The van der Waals surface area contributed by atoms with Crippen LogP contribution in [0.25, 0.3) is 6.08 Å². The Morgan fingerprint density at radius 2 is 1.37 bits per heavy atom. The lowest BCUT2D eigenvalue weighted by Gasteiger charge is -2.33. The Morgan fingerprint density at radius 1 is 0.889 bits per heavy atom. The summed E-state index contributed by atoms with van der Waals surface area (Å²) in [5.41, 5.74) is 0.857. The van der Waals surface area contributed by atoms with E-state index in [0.717, 1.165) is 31.2 Å². The molecule has 0 N–H and O–H groups in total. The highest BCUT2D eigenvalue weighted by atomic mass is 16.5. The van der Waals surface area contributed by atoms with Crippen molar-refractivity contribution in [1.29, 1.82) is 0 Å². The van der Waals surface area contributed by atoms with Crippen LogP contribution in [-0.2, 0) is 4.79 Å². The topological polar surface area (TPSA) is 48.0 Å². The molecule has 1 amide bonds. The molecule has 0 saturated heterocycles. The summed E-state index contributed by atoms with van der Waals surface area (Å²) >= 11 is 0. The van der Waals surface area contributed by atoms with E-state index >= 15 is 0 Å². The standard InChI is InChI=1S/C22H31NO4/c1-25-19-14-16(15-20(26-2)22(19)27-3)12-13-21(24)23(17-8-4-5-9-17)18-10-6-7-11-18/h12-15,17-18H,4-11H2,1-3H3/b13-12+. The van der Waals surface area contributed by atoms with Gasteiger partial charge in [-0.1, -0.05) is 25.7 Å². The van der Waals surface area contributed by atoms with Gasteiger partial charge in [0.05, 0.1) is 21.3 Å². The van der Waals surface area contributed by atoms with Gasteiger partial charge in [0, 0.05) is 18.2 Å². The van der Waals surface area contributed by atoms with E-state index in [1.165, 1.54) is 25.7 Å². The first-order chi connectivity index (χ1) is 13.2. The van der Waals surface area contributed by atoms with Crippen LogP contribution in [0.1, 0.15) is 56.9 Å². The Morgan fingerprint density at radius 3 is 1.78 bits per heavy atom. The summed E-state index contributed by atoms with van der Waals surface area (Å²) in [6.45, 7) is 0. The molecule has 5 nitrogen and oxygen atoms in total. The minimum atomic E-state index is 0.127. The molecule has 3 rings (SSSR count). The van der Waals surface area contributed by atoms with Gasteiger partial charge < -0.3 is 19.1 Å². The summed E-state index contributed by atoms with van der Waals surface area (Å²) in [6.07, 6.45) is 13.0. The fourth-order valence-corrected chi connectivity index (χ4v) is 4.47. The summed E-state index contributed by atoms with van der Waals surface area (Å²) in [7, 11) is 4.77. The highest BCUT2D eigenvalue weighted by molar-refractivity contribution is 5.92. The lowest BCUT2D eigenvalue weighted by molar-refractivity contribution is -0.130. The van der Waals surface area contributed by atoms with E-state index in [1.54, 1.807) is 27.4 Å². The molecule has 5 heteroatoms. The van der Waals surface area contributed by atoms with Crippen LogP contribution >= 0.6 is 0 Å². The molecular formula is C22H31NO4. The second kappa shape index (κ2) is 9.16. The molecule has 0 heterocycles. The number of hydrogen-bond acceptors (Lipinski definition) is 4. The van der Waals surface area contributed by atoms with Gasteiger partial charge in [-0.25, -0.2) is 0 Å². The number of ether oxygens (including phenoxy) is 3. The molecular weight excluding hydrogens is 342 g/mol. The van der Waals surface area contributed by atoms with Crippen LogP contribution < -0.4 is 14.2 Å². The lowest BCUT2D eigenvalue weighted by Crippen LogP contribution is -2.44. The van der Waals surface area contributed by atoms with Gasteiger partial charge in [0.1, 0.15) is 0 Å². The summed E-state index contributed by atoms with van der Waals surface area (Å²) in [5, 5.41) is 0. The van der Waals surface area contributed by atoms with Crippen molar-refractivity contribution in [3.05, 3.63) is 23.8 Å². The van der Waals surface area contributed by atoms with Crippen molar-refractivity contribution in [2.45, 2.75) is 63.5 Å². The van der Waals surface area contributed by atoms with Gasteiger partial charge in [-0.15, -0.1) is 0 Å². The van der Waals surface area contributed by atoms with Crippen LogP contribution in [-0.4, -0.2) is 44.2 Å². The van der Waals surface area contributed by atoms with Gasteiger partial charge in [-0.3, -0.25) is 4.79 Å². The highest BCUT2D eigenvalue weighted by Crippen LogP contribution is 2.38. The van der Waals surface area contributed by atoms with Gasteiger partial charge >= 0.3 is 0 Å². The zero-order valence-corrected chi connectivity index (χ0v) is 16.7. The van der Waals surface area contributed by atoms with E-state index in [4.69, 9.17) is 14.2 Å². The first-order valence-corrected chi connectivity index (χ1v) is 9.98. The number of nitrogens with zero attached hydrogens (tertiary/aromatic N) is 1. The maximum absolute atomic E-state index is 13.1. The average molecular weight is 373 g/mol. The molecule has 1 aromatic rings. The number of benzene rings is 1. The predicted molar refractivity (Wildman–Crippen MR) is 106 cm³/mol. The van der Waals surface area contributed by atoms with Gasteiger partial charge in [-0.2, -0.15) is 0 Å². The monoisotopic (exact) mass is 373 g/mol. The van der Waals surface area contributed by atoms with E-state index in [1.807, 2.05) is 18.2 Å². The molecule has 1 aromatic carbocycles. The van der Waals surface area contributed by atoms with Gasteiger partial charge in [0.25, 0.3) is 0 Å². The molecule has 27 heavy (non-hydrogen) atoms. The first kappa shape index (κ1) is 19.6. The molecule has 0 unspecified atom stereocenters. The lowest BCUT2D eigenvalue weighted by atomic mass is 10.1. The molecule has 148 valence electrons. The smallest absolute Gasteiger partial charge is 0.247 e. The van der Waals surface area contributed by atoms with Gasteiger partial charge in [-0.05, 0) is 49.5 Å². The van der Waals surface area contributed by atoms with Crippen LogP contribution in [0.15, 0.2) is 18.2 Å². The van der Waals surface area contributed by atoms with Crippen molar-refractivity contribution in [2.24, 2.45) is 0 Å². The molecule has 0 spiro atoms. The zero-order chi connectivity index (χ0) is 19.2. The molecule has 2 fully saturated rings. The van der Waals surface area contributed by atoms with Gasteiger partial charge in [0.2, 0.25) is 11.7 Å². The fraction of sp³-hybridized carbons (Fsp3) is 0.591. The molecule has 0 bridgehead atoms. The van der Waals surface area contributed by atoms with Gasteiger partial charge in [0.15, 0.2) is 11.5 Å². The summed E-state index contributed by atoms with van der Waals surface area (Å²) in [5.74, 6) is 1.87. The Balaban J connectivity index is 1.81. The number of carbonyl (C=O) groups is 1. The van der Waals surface area contributed by atoms with Crippen molar-refractivity contribution < 1.29 is 19.0 Å². The van der Waals surface area contributed by atoms with Crippen LogP contribution in [0.2, 0.25) is 0 Å². The van der Waals surface area contributed by atoms with Crippen LogP contribution in [0.3, 0.4) is 0 Å². The Kier molecular flexibility index (Phi) is 6.64. The molecule has 0 radical (unpaired) electrons. The molecule has 2 aliphatic carbocycles. The average Bonchev–Trinajstić information content (AvgIpc) is 3.40. The summed E-state index contributed by atoms with van der Waals surface area (Å²) < 4.78 is 16.2. The molecule has 2 saturated carbocycles. The molecule has 0 aromatic heterocycles. The molecule has 0 atom stereocenters. The third kappa shape index (κ3) is 4.40. The third-order valence-corrected chi connectivity index (χ3v) is 5.80. The Bertz CT molecular complexity index is 632. The van der Waals surface area contributed by atoms with Crippen molar-refractivity contribution >= 4 is 12.0 Å². The van der Waals surface area contributed by atoms with E-state index in [9.17, 15) is 4.79 Å². The second-order valence-corrected chi connectivity index (χ2v) is 7.41. The zero-order valence-electron chi connectivity index (χ0n) is 16.7. The number of rotatable bonds is 7. The van der Waals surface area contributed by atoms with Crippen LogP contribution in [0.4, 0.5) is 0 Å². The molecule has 2 aliphatic rings. The van der Waals surface area contributed by atoms with Crippen LogP contribution in [0.5, 0.6) is 17.2 Å². The summed E-state index contributed by atoms with van der Waals surface area (Å²) in [4.78, 5) is 15.2. The van der Waals surface area contributed by atoms with E-state index in [2.05, 4.69) is 4.90 Å². The Hall–Kier alpha value is -2.17. The number of amides is 1. The van der Waals surface area contributed by atoms with Crippen molar-refractivity contribution in [2.75, 3.05) is 21.3 Å². The minimum Gasteiger partial charge on any atom is -0.493 e.